The number of hydrogen-bond acceptors (Lipinski definition) is 3. The molecule has 1 aliphatic carbocycles. The van der Waals surface area contributed by atoms with Gasteiger partial charge in [-0.2, -0.15) is 0 Å². The lowest BCUT2D eigenvalue weighted by Gasteiger charge is -2.27. The lowest BCUT2D eigenvalue weighted by molar-refractivity contribution is -0.135. The Morgan fingerprint density at radius 1 is 1.63 bits per heavy atom. The fourth-order valence-corrected chi connectivity index (χ4v) is 2.16. The average Bonchev–Trinajstić information content (AvgIpc) is 3.17. The molecular weight excluding hydrogens is 240 g/mol. The molecule has 1 saturated carbocycles. The molecule has 1 heterocycles. The lowest BCUT2D eigenvalue weighted by Crippen LogP contribution is -2.47. The summed E-state index contributed by atoms with van der Waals surface area (Å²) < 4.78 is 1.96. The van der Waals surface area contributed by atoms with Crippen molar-refractivity contribution in [3.63, 3.8) is 0 Å². The summed E-state index contributed by atoms with van der Waals surface area (Å²) in [5.41, 5.74) is 6.09. The summed E-state index contributed by atoms with van der Waals surface area (Å²) in [5.74, 6) is 1.20. The van der Waals surface area contributed by atoms with Gasteiger partial charge in [0.25, 0.3) is 0 Å². The van der Waals surface area contributed by atoms with Crippen LogP contribution in [0.4, 0.5) is 0 Å². The lowest BCUT2D eigenvalue weighted by atomic mass is 9.99. The molecule has 106 valence electrons. The third kappa shape index (κ3) is 3.15. The molecule has 5 nitrogen and oxygen atoms in total. The van der Waals surface area contributed by atoms with E-state index in [9.17, 15) is 4.79 Å². The second-order valence-corrected chi connectivity index (χ2v) is 5.56. The topological polar surface area (TPSA) is 64.2 Å². The van der Waals surface area contributed by atoms with Crippen molar-refractivity contribution in [2.45, 2.75) is 51.7 Å². The molecule has 2 atom stereocenters. The fraction of sp³-hybridized carbons (Fsp3) is 0.714. The van der Waals surface area contributed by atoms with E-state index in [4.69, 9.17) is 5.73 Å². The molecule has 2 rings (SSSR count). The molecule has 0 bridgehead atoms. The van der Waals surface area contributed by atoms with Gasteiger partial charge in [-0.25, -0.2) is 4.98 Å². The van der Waals surface area contributed by atoms with Crippen molar-refractivity contribution in [2.75, 3.05) is 0 Å². The molecule has 0 aliphatic heterocycles. The van der Waals surface area contributed by atoms with Gasteiger partial charge in [0, 0.05) is 25.5 Å². The van der Waals surface area contributed by atoms with Gasteiger partial charge >= 0.3 is 0 Å². The summed E-state index contributed by atoms with van der Waals surface area (Å²) in [6.45, 7) is 4.67. The number of aryl methyl sites for hydroxylation is 1. The number of rotatable bonds is 6. The first-order chi connectivity index (χ1) is 9.04. The van der Waals surface area contributed by atoms with E-state index < -0.39 is 6.04 Å². The third-order valence-corrected chi connectivity index (χ3v) is 4.05. The maximum atomic E-state index is 12.5. The van der Waals surface area contributed by atoms with Gasteiger partial charge in [-0.05, 0) is 18.8 Å². The molecule has 19 heavy (non-hydrogen) atoms. The van der Waals surface area contributed by atoms with Gasteiger partial charge in [-0.1, -0.05) is 20.3 Å². The largest absolute Gasteiger partial charge is 0.337 e. The van der Waals surface area contributed by atoms with E-state index in [1.807, 2.05) is 29.6 Å². The summed E-state index contributed by atoms with van der Waals surface area (Å²) in [4.78, 5) is 18.7. The minimum atomic E-state index is -0.397. The van der Waals surface area contributed by atoms with Crippen LogP contribution in [0.2, 0.25) is 0 Å². The van der Waals surface area contributed by atoms with Crippen LogP contribution in [0.15, 0.2) is 12.4 Å². The van der Waals surface area contributed by atoms with E-state index in [0.717, 1.165) is 25.1 Å². The Hall–Kier alpha value is -1.36. The first kappa shape index (κ1) is 14.1. The van der Waals surface area contributed by atoms with E-state index in [1.165, 1.54) is 0 Å². The molecule has 1 amide bonds. The molecule has 0 radical (unpaired) electrons. The molecule has 0 aromatic carbocycles. The highest BCUT2D eigenvalue weighted by atomic mass is 16.2. The molecule has 0 spiro atoms. The predicted molar refractivity (Wildman–Crippen MR) is 74.2 cm³/mol. The van der Waals surface area contributed by atoms with Crippen LogP contribution in [0.1, 0.15) is 38.9 Å². The Balaban J connectivity index is 2.08. The maximum Gasteiger partial charge on any atom is 0.240 e. The molecule has 1 aromatic heterocycles. The van der Waals surface area contributed by atoms with Crippen LogP contribution in [0.5, 0.6) is 0 Å². The standard InChI is InChI=1S/C14H24N4O/c1-4-10(2)13(15)14(19)18(11-5-6-11)9-12-16-7-8-17(12)3/h7-8,10-11,13H,4-6,9,15H2,1-3H3/t10-,13-/m0/s1. The molecule has 2 N–H and O–H groups in total. The van der Waals surface area contributed by atoms with Gasteiger partial charge in [0.2, 0.25) is 5.91 Å². The smallest absolute Gasteiger partial charge is 0.240 e. The van der Waals surface area contributed by atoms with Crippen molar-refractivity contribution in [1.82, 2.24) is 14.5 Å². The highest BCUT2D eigenvalue weighted by molar-refractivity contribution is 5.82. The molecule has 1 fully saturated rings. The first-order valence-electron chi connectivity index (χ1n) is 7.06. The van der Waals surface area contributed by atoms with Crippen LogP contribution in [0.25, 0.3) is 0 Å². The Morgan fingerprint density at radius 2 is 2.32 bits per heavy atom. The highest BCUT2D eigenvalue weighted by Gasteiger charge is 2.36. The van der Waals surface area contributed by atoms with Crippen LogP contribution >= 0.6 is 0 Å². The van der Waals surface area contributed by atoms with Crippen LogP contribution in [-0.4, -0.2) is 32.4 Å². The summed E-state index contributed by atoms with van der Waals surface area (Å²) in [5, 5.41) is 0. The maximum absolute atomic E-state index is 12.5. The minimum Gasteiger partial charge on any atom is -0.337 e. The van der Waals surface area contributed by atoms with Gasteiger partial charge < -0.3 is 15.2 Å². The zero-order chi connectivity index (χ0) is 14.0. The van der Waals surface area contributed by atoms with Gasteiger partial charge in [-0.15, -0.1) is 0 Å². The van der Waals surface area contributed by atoms with Crippen LogP contribution < -0.4 is 5.73 Å². The number of hydrogen-bond donors (Lipinski definition) is 1. The summed E-state index contributed by atoms with van der Waals surface area (Å²) in [6, 6.07) is -0.0369. The number of imidazole rings is 1. The van der Waals surface area contributed by atoms with Crippen molar-refractivity contribution in [2.24, 2.45) is 18.7 Å². The second kappa shape index (κ2) is 5.74. The zero-order valence-corrected chi connectivity index (χ0v) is 12.0. The van der Waals surface area contributed by atoms with Crippen LogP contribution in [-0.2, 0) is 18.4 Å². The Morgan fingerprint density at radius 3 is 2.79 bits per heavy atom. The van der Waals surface area contributed by atoms with Gasteiger partial charge in [0.15, 0.2) is 0 Å². The van der Waals surface area contributed by atoms with Crippen molar-refractivity contribution in [3.05, 3.63) is 18.2 Å². The zero-order valence-electron chi connectivity index (χ0n) is 12.0. The number of aromatic nitrogens is 2. The van der Waals surface area contributed by atoms with Gasteiger partial charge in [-0.3, -0.25) is 4.79 Å². The average molecular weight is 264 g/mol. The van der Waals surface area contributed by atoms with E-state index in [-0.39, 0.29) is 11.8 Å². The van der Waals surface area contributed by atoms with Gasteiger partial charge in [0.1, 0.15) is 5.82 Å². The van der Waals surface area contributed by atoms with Crippen molar-refractivity contribution in [1.29, 1.82) is 0 Å². The monoisotopic (exact) mass is 264 g/mol. The molecule has 5 heteroatoms. The first-order valence-corrected chi connectivity index (χ1v) is 7.06. The number of carbonyl (C=O) groups is 1. The quantitative estimate of drug-likeness (QED) is 0.842. The SMILES string of the molecule is CC[C@H](C)[C@H](N)C(=O)N(Cc1nccn1C)C1CC1. The molecule has 1 aromatic rings. The molecule has 1 aliphatic rings. The van der Waals surface area contributed by atoms with E-state index >= 15 is 0 Å². The number of nitrogens with two attached hydrogens (primary N) is 1. The normalized spacial score (nSPS) is 18.1. The highest BCUT2D eigenvalue weighted by Crippen LogP contribution is 2.29. The summed E-state index contributed by atoms with van der Waals surface area (Å²) >= 11 is 0. The Labute approximate surface area is 114 Å². The van der Waals surface area contributed by atoms with E-state index in [1.54, 1.807) is 6.20 Å². The van der Waals surface area contributed by atoms with Crippen LogP contribution in [0, 0.1) is 5.92 Å². The van der Waals surface area contributed by atoms with Crippen molar-refractivity contribution < 1.29 is 4.79 Å². The van der Waals surface area contributed by atoms with E-state index in [2.05, 4.69) is 11.9 Å². The van der Waals surface area contributed by atoms with Crippen molar-refractivity contribution in [3.8, 4) is 0 Å². The van der Waals surface area contributed by atoms with E-state index in [0.29, 0.717) is 12.6 Å². The number of carbonyl (C=O) groups excluding carboxylic acids is 1. The van der Waals surface area contributed by atoms with Crippen molar-refractivity contribution >= 4 is 5.91 Å². The predicted octanol–water partition coefficient (Wildman–Crippen LogP) is 1.28. The molecule has 0 unspecified atom stereocenters. The fourth-order valence-electron chi connectivity index (χ4n) is 2.16. The van der Waals surface area contributed by atoms with Gasteiger partial charge in [0.05, 0.1) is 12.6 Å². The second-order valence-electron chi connectivity index (χ2n) is 5.56. The molecule has 0 saturated heterocycles. The molecular formula is C14H24N4O. The Kier molecular flexibility index (Phi) is 4.24. The number of nitrogens with zero attached hydrogens (tertiary/aromatic N) is 3. The summed E-state index contributed by atoms with van der Waals surface area (Å²) in [6.07, 6.45) is 6.76. The Bertz CT molecular complexity index is 438. The minimum absolute atomic E-state index is 0.0693. The number of amides is 1. The third-order valence-electron chi connectivity index (χ3n) is 4.05. The summed E-state index contributed by atoms with van der Waals surface area (Å²) in [7, 11) is 1.95. The van der Waals surface area contributed by atoms with Crippen LogP contribution in [0.3, 0.4) is 0 Å².